The van der Waals surface area contributed by atoms with Crippen LogP contribution in [0.25, 0.3) is 0 Å². The van der Waals surface area contributed by atoms with Crippen LogP contribution in [-0.4, -0.2) is 67.8 Å². The molecule has 10 heteroatoms. The minimum Gasteiger partial charge on any atom is -0.507 e. The number of ketones is 1. The zero-order valence-corrected chi connectivity index (χ0v) is 31.1. The Bertz CT molecular complexity index is 1510. The molecule has 10 nitrogen and oxygen atoms in total. The number of azo groups is 1. The molecule has 4 rings (SSSR count). The number of carbonyl (C=O) groups excluding carboxylic acids is 1. The molecule has 0 aliphatic carbocycles. The van der Waals surface area contributed by atoms with Crippen molar-refractivity contribution in [3.63, 3.8) is 0 Å². The molecule has 2 aliphatic heterocycles. The lowest BCUT2D eigenvalue weighted by atomic mass is 9.76. The molecule has 2 saturated heterocycles. The number of rotatable bonds is 15. The topological polar surface area (TPSA) is 158 Å². The van der Waals surface area contributed by atoms with Crippen LogP contribution in [0.5, 0.6) is 5.75 Å². The molecule has 2 aliphatic rings. The van der Waals surface area contributed by atoms with Crippen LogP contribution >= 0.6 is 0 Å². The molecular formula is C40H58N2O8. The summed E-state index contributed by atoms with van der Waals surface area (Å²) in [7, 11) is 0. The van der Waals surface area contributed by atoms with E-state index < -0.39 is 35.1 Å². The summed E-state index contributed by atoms with van der Waals surface area (Å²) in [6.45, 7) is 15.3. The molecule has 2 aromatic rings. The maximum absolute atomic E-state index is 14.1. The molecule has 10 unspecified atom stereocenters. The van der Waals surface area contributed by atoms with Gasteiger partial charge in [0.1, 0.15) is 17.1 Å². The Morgan fingerprint density at radius 2 is 1.74 bits per heavy atom. The third-order valence-corrected chi connectivity index (χ3v) is 11.8. The number of ether oxygens (including phenoxy) is 2. The maximum atomic E-state index is 14.1. The first-order valence-electron chi connectivity index (χ1n) is 18.5. The van der Waals surface area contributed by atoms with Crippen molar-refractivity contribution in [1.82, 2.24) is 0 Å². The number of nitrogens with zero attached hydrogens (tertiary/aromatic N) is 2. The summed E-state index contributed by atoms with van der Waals surface area (Å²) in [6.07, 6.45) is 2.76. The molecule has 0 radical (unpaired) electrons. The number of aryl methyl sites for hydroxylation is 1. The highest BCUT2D eigenvalue weighted by atomic mass is 16.6. The Kier molecular flexibility index (Phi) is 13.0. The van der Waals surface area contributed by atoms with Crippen molar-refractivity contribution in [2.24, 2.45) is 33.9 Å². The van der Waals surface area contributed by atoms with Crippen LogP contribution in [0.2, 0.25) is 0 Å². The number of carboxylic acids is 1. The predicted molar refractivity (Wildman–Crippen MR) is 192 cm³/mol. The Labute approximate surface area is 297 Å². The monoisotopic (exact) mass is 694 g/mol. The van der Waals surface area contributed by atoms with Crippen LogP contribution in [0.4, 0.5) is 11.4 Å². The van der Waals surface area contributed by atoms with Gasteiger partial charge in [0.25, 0.3) is 0 Å². The summed E-state index contributed by atoms with van der Waals surface area (Å²) in [4.78, 5) is 26.5. The van der Waals surface area contributed by atoms with Crippen molar-refractivity contribution in [3.8, 4) is 5.75 Å². The highest BCUT2D eigenvalue weighted by Crippen LogP contribution is 2.48. The second-order valence-electron chi connectivity index (χ2n) is 14.9. The van der Waals surface area contributed by atoms with Crippen molar-refractivity contribution in [2.75, 3.05) is 0 Å². The molecule has 0 bridgehead atoms. The van der Waals surface area contributed by atoms with Gasteiger partial charge in [0.2, 0.25) is 0 Å². The van der Waals surface area contributed by atoms with Crippen LogP contribution in [0.15, 0.2) is 46.6 Å². The number of aromatic hydroxyl groups is 1. The zero-order valence-electron chi connectivity index (χ0n) is 31.1. The van der Waals surface area contributed by atoms with Gasteiger partial charge in [0.05, 0.1) is 47.0 Å². The van der Waals surface area contributed by atoms with E-state index >= 15 is 0 Å². The Morgan fingerprint density at radius 3 is 2.32 bits per heavy atom. The number of aromatic carboxylic acids is 1. The van der Waals surface area contributed by atoms with Gasteiger partial charge in [0.15, 0.2) is 0 Å². The minimum atomic E-state index is -1.28. The smallest absolute Gasteiger partial charge is 0.339 e. The van der Waals surface area contributed by atoms with E-state index in [9.17, 15) is 30.0 Å². The second-order valence-corrected chi connectivity index (χ2v) is 14.9. The molecule has 276 valence electrons. The SMILES string of the molecule is CCC(C(=O)C(C)C(O)C(C)CCc1c(N=Nc2ccccc2)cc(C)c(O)c1C(=O)O)C1OC(CC)(C2CCC(O)(CC)C(C)O2)CC1C. The summed E-state index contributed by atoms with van der Waals surface area (Å²) in [5.74, 6) is -3.02. The molecular weight excluding hydrogens is 636 g/mol. The fourth-order valence-corrected chi connectivity index (χ4v) is 8.26. The van der Waals surface area contributed by atoms with E-state index in [2.05, 4.69) is 24.1 Å². The summed E-state index contributed by atoms with van der Waals surface area (Å²) in [5, 5.41) is 51.9. The molecule has 0 amide bonds. The van der Waals surface area contributed by atoms with Gasteiger partial charge < -0.3 is 29.9 Å². The van der Waals surface area contributed by atoms with Crippen LogP contribution in [0.1, 0.15) is 115 Å². The van der Waals surface area contributed by atoms with E-state index in [4.69, 9.17) is 9.47 Å². The molecule has 4 N–H and O–H groups in total. The van der Waals surface area contributed by atoms with Crippen molar-refractivity contribution < 1.29 is 39.5 Å². The molecule has 50 heavy (non-hydrogen) atoms. The number of hydrogen-bond donors (Lipinski definition) is 4. The van der Waals surface area contributed by atoms with E-state index in [1.165, 1.54) is 0 Å². The number of benzene rings is 2. The summed E-state index contributed by atoms with van der Waals surface area (Å²) in [5.41, 5.74) is 0.00483. The first kappa shape index (κ1) is 39.6. The van der Waals surface area contributed by atoms with Crippen LogP contribution in [0, 0.1) is 30.6 Å². The number of aliphatic hydroxyl groups is 2. The van der Waals surface area contributed by atoms with Gasteiger partial charge in [-0.3, -0.25) is 4.79 Å². The zero-order chi connectivity index (χ0) is 37.0. The lowest BCUT2D eigenvalue weighted by Crippen LogP contribution is -2.55. The highest BCUT2D eigenvalue weighted by molar-refractivity contribution is 5.95. The van der Waals surface area contributed by atoms with Crippen molar-refractivity contribution in [2.45, 2.75) is 142 Å². The molecule has 10 atom stereocenters. The fraction of sp³-hybridized carbons (Fsp3) is 0.650. The molecule has 0 aromatic heterocycles. The summed E-state index contributed by atoms with van der Waals surface area (Å²) in [6, 6.07) is 10.7. The number of aliphatic hydroxyl groups excluding tert-OH is 1. The number of carboxylic acid groups (broad SMARTS) is 1. The van der Waals surface area contributed by atoms with Crippen molar-refractivity contribution in [3.05, 3.63) is 53.1 Å². The van der Waals surface area contributed by atoms with Gasteiger partial charge in [-0.1, -0.05) is 59.7 Å². The minimum absolute atomic E-state index is 0.0505. The first-order chi connectivity index (χ1) is 23.6. The van der Waals surface area contributed by atoms with Crippen molar-refractivity contribution in [1.29, 1.82) is 0 Å². The van der Waals surface area contributed by atoms with E-state index in [1.807, 2.05) is 45.9 Å². The summed E-state index contributed by atoms with van der Waals surface area (Å²) >= 11 is 0. The van der Waals surface area contributed by atoms with Gasteiger partial charge in [-0.25, -0.2) is 4.79 Å². The molecule has 0 spiro atoms. The van der Waals surface area contributed by atoms with Gasteiger partial charge in [-0.2, -0.15) is 10.2 Å². The average Bonchev–Trinajstić information content (AvgIpc) is 3.45. The quantitative estimate of drug-likeness (QED) is 0.136. The van der Waals surface area contributed by atoms with Gasteiger partial charge in [0, 0.05) is 11.8 Å². The van der Waals surface area contributed by atoms with Gasteiger partial charge in [-0.15, -0.1) is 0 Å². The lowest BCUT2D eigenvalue weighted by molar-refractivity contribution is -0.229. The average molecular weight is 695 g/mol. The van der Waals surface area contributed by atoms with Crippen LogP contribution in [-0.2, 0) is 20.7 Å². The molecule has 2 aromatic carbocycles. The number of carbonyl (C=O) groups is 2. The Hall–Kier alpha value is -3.18. The standard InChI is InChI=1S/C40H58N2O8/c1-9-29(37-25(6)22-40(11-3,50-37)32-19-20-39(48,10-2)27(8)49-32)36(45)26(7)34(43)23(4)17-18-30-31(42-41-28-15-13-12-14-16-28)21-24(5)35(44)33(30)38(46)47/h12-16,21,23,25-27,29,32,34,37,43-44,48H,9-11,17-20,22H2,1-8H3,(H,46,47). The molecule has 2 fully saturated rings. The maximum Gasteiger partial charge on any atom is 0.339 e. The number of Topliss-reactive ketones (excluding diaryl/α,β-unsaturated/α-hetero) is 1. The van der Waals surface area contributed by atoms with E-state index in [1.54, 1.807) is 32.0 Å². The van der Waals surface area contributed by atoms with Gasteiger partial charge in [-0.05, 0) is 106 Å². The third-order valence-electron chi connectivity index (χ3n) is 11.8. The Balaban J connectivity index is 1.49. The van der Waals surface area contributed by atoms with Crippen LogP contribution < -0.4 is 0 Å². The summed E-state index contributed by atoms with van der Waals surface area (Å²) < 4.78 is 13.3. The molecule has 0 saturated carbocycles. The number of hydrogen-bond acceptors (Lipinski definition) is 9. The number of phenols is 1. The highest BCUT2D eigenvalue weighted by Gasteiger charge is 2.55. The van der Waals surface area contributed by atoms with E-state index in [-0.39, 0.29) is 53.7 Å². The van der Waals surface area contributed by atoms with E-state index in [0.29, 0.717) is 54.6 Å². The second kappa shape index (κ2) is 16.4. The third kappa shape index (κ3) is 8.14. The van der Waals surface area contributed by atoms with Gasteiger partial charge >= 0.3 is 5.97 Å². The fourth-order valence-electron chi connectivity index (χ4n) is 8.26. The van der Waals surface area contributed by atoms with Crippen molar-refractivity contribution >= 4 is 23.1 Å². The normalized spacial score (nSPS) is 29.5. The Morgan fingerprint density at radius 1 is 1.06 bits per heavy atom. The first-order valence-corrected chi connectivity index (χ1v) is 18.5. The van der Waals surface area contributed by atoms with Crippen LogP contribution in [0.3, 0.4) is 0 Å². The lowest BCUT2D eigenvalue weighted by Gasteiger charge is -2.47. The van der Waals surface area contributed by atoms with E-state index in [0.717, 1.165) is 12.8 Å². The molecule has 2 heterocycles. The largest absolute Gasteiger partial charge is 0.507 e. The predicted octanol–water partition coefficient (Wildman–Crippen LogP) is 8.26.